The molecule has 2 aliphatic rings. The van der Waals surface area contributed by atoms with Gasteiger partial charge in [0.2, 0.25) is 10.0 Å². The number of hydrogen-bond acceptors (Lipinski definition) is 5. The van der Waals surface area contributed by atoms with Crippen molar-refractivity contribution in [1.29, 1.82) is 0 Å². The number of amides is 1. The molecule has 2 heterocycles. The summed E-state index contributed by atoms with van der Waals surface area (Å²) in [7, 11) is -3.83. The third-order valence-electron chi connectivity index (χ3n) is 7.65. The normalized spacial score (nSPS) is 19.0. The molecule has 8 nitrogen and oxygen atoms in total. The van der Waals surface area contributed by atoms with E-state index in [9.17, 15) is 13.2 Å². The first-order valence-electron chi connectivity index (χ1n) is 12.5. The first-order valence-corrected chi connectivity index (χ1v) is 14.1. The lowest BCUT2D eigenvalue weighted by atomic mass is 9.79. The number of nitrogens with two attached hydrogens (primary N) is 1. The predicted octanol–water partition coefficient (Wildman–Crippen LogP) is 3.80. The third-order valence-corrected chi connectivity index (χ3v) is 8.56. The molecule has 5 rings (SSSR count). The number of nitrogens with one attached hydrogen (secondary N) is 2. The second kappa shape index (κ2) is 9.72. The minimum Gasteiger partial charge on any atom is -0.350 e. The molecule has 0 radical (unpaired) electrons. The maximum atomic E-state index is 13.3. The van der Waals surface area contributed by atoms with Crippen LogP contribution in [0.15, 0.2) is 47.4 Å². The molecule has 2 fully saturated rings. The lowest BCUT2D eigenvalue weighted by Crippen LogP contribution is -2.58. The molecule has 0 spiro atoms. The van der Waals surface area contributed by atoms with E-state index in [4.69, 9.17) is 5.14 Å². The highest BCUT2D eigenvalue weighted by molar-refractivity contribution is 7.89. The zero-order valence-electron chi connectivity index (χ0n) is 19.9. The Bertz CT molecular complexity index is 1320. The topological polar surface area (TPSA) is 121 Å². The minimum atomic E-state index is -3.83. The van der Waals surface area contributed by atoms with Gasteiger partial charge in [-0.25, -0.2) is 13.6 Å². The summed E-state index contributed by atoms with van der Waals surface area (Å²) in [5.41, 5.74) is 2.60. The van der Waals surface area contributed by atoms with Crippen LogP contribution in [-0.4, -0.2) is 54.6 Å². The average Bonchev–Trinajstić information content (AvgIpc) is 3.31. The lowest BCUT2D eigenvalue weighted by Gasteiger charge is -2.48. The Hall–Kier alpha value is -2.75. The number of nitrogens with zero attached hydrogens (tertiary/aromatic N) is 2. The maximum Gasteiger partial charge on any atom is 0.251 e. The highest BCUT2D eigenvalue weighted by Gasteiger charge is 2.38. The average molecular weight is 496 g/mol. The van der Waals surface area contributed by atoms with Crippen LogP contribution in [0.2, 0.25) is 0 Å². The van der Waals surface area contributed by atoms with Crippen LogP contribution >= 0.6 is 0 Å². The fourth-order valence-electron chi connectivity index (χ4n) is 5.73. The van der Waals surface area contributed by atoms with E-state index in [2.05, 4.69) is 20.4 Å². The van der Waals surface area contributed by atoms with E-state index in [1.54, 1.807) is 18.2 Å². The number of carbonyl (C=O) groups excluding carboxylic acids is 1. The molecule has 1 aromatic heterocycles. The van der Waals surface area contributed by atoms with Gasteiger partial charge in [-0.1, -0.05) is 37.8 Å². The summed E-state index contributed by atoms with van der Waals surface area (Å²) in [5, 5.41) is 16.7. The fourth-order valence-corrected chi connectivity index (χ4v) is 6.28. The van der Waals surface area contributed by atoms with E-state index in [1.807, 2.05) is 12.1 Å². The van der Waals surface area contributed by atoms with Gasteiger partial charge in [0, 0.05) is 28.6 Å². The van der Waals surface area contributed by atoms with Crippen LogP contribution in [0.25, 0.3) is 22.2 Å². The zero-order chi connectivity index (χ0) is 24.5. The number of sulfonamides is 1. The molecule has 1 aliphatic heterocycles. The summed E-state index contributed by atoms with van der Waals surface area (Å²) < 4.78 is 23.6. The van der Waals surface area contributed by atoms with Crippen LogP contribution in [0.1, 0.15) is 61.7 Å². The molecule has 1 aliphatic carbocycles. The van der Waals surface area contributed by atoms with Crippen molar-refractivity contribution in [1.82, 2.24) is 20.4 Å². The van der Waals surface area contributed by atoms with Crippen LogP contribution in [0.3, 0.4) is 0 Å². The number of carbonyl (C=O) groups is 1. The van der Waals surface area contributed by atoms with Crippen molar-refractivity contribution in [3.05, 3.63) is 48.0 Å². The number of rotatable bonds is 6. The van der Waals surface area contributed by atoms with Gasteiger partial charge < -0.3 is 5.32 Å². The van der Waals surface area contributed by atoms with E-state index in [0.29, 0.717) is 23.4 Å². The molecule has 4 N–H and O–H groups in total. The summed E-state index contributed by atoms with van der Waals surface area (Å²) in [6.45, 7) is 2.91. The summed E-state index contributed by atoms with van der Waals surface area (Å²) >= 11 is 0. The van der Waals surface area contributed by atoms with Crippen molar-refractivity contribution in [2.45, 2.75) is 61.8 Å². The number of H-pyrrole nitrogens is 1. The Morgan fingerprint density at radius 3 is 2.51 bits per heavy atom. The van der Waals surface area contributed by atoms with Gasteiger partial charge in [-0.2, -0.15) is 5.10 Å². The molecule has 0 bridgehead atoms. The number of aromatic amines is 1. The van der Waals surface area contributed by atoms with Crippen molar-refractivity contribution in [3.63, 3.8) is 0 Å². The van der Waals surface area contributed by atoms with Crippen LogP contribution in [0, 0.1) is 0 Å². The smallest absolute Gasteiger partial charge is 0.251 e. The lowest BCUT2D eigenvalue weighted by molar-refractivity contribution is 0.0327. The number of aromatic nitrogens is 2. The van der Waals surface area contributed by atoms with Crippen molar-refractivity contribution in [2.75, 3.05) is 19.6 Å². The fraction of sp³-hybridized carbons (Fsp3) is 0.462. The van der Waals surface area contributed by atoms with E-state index in [0.717, 1.165) is 36.8 Å². The van der Waals surface area contributed by atoms with Crippen molar-refractivity contribution in [3.8, 4) is 11.3 Å². The quantitative estimate of drug-likeness (QED) is 0.480. The zero-order valence-corrected chi connectivity index (χ0v) is 20.7. The Labute approximate surface area is 206 Å². The van der Waals surface area contributed by atoms with Gasteiger partial charge in [0.1, 0.15) is 0 Å². The summed E-state index contributed by atoms with van der Waals surface area (Å²) in [5.74, 6) is -0.0979. The van der Waals surface area contributed by atoms with Gasteiger partial charge in [0.05, 0.1) is 16.1 Å². The Morgan fingerprint density at radius 2 is 1.77 bits per heavy atom. The largest absolute Gasteiger partial charge is 0.350 e. The van der Waals surface area contributed by atoms with Crippen LogP contribution in [0.4, 0.5) is 0 Å². The molecule has 1 saturated carbocycles. The minimum absolute atomic E-state index is 0.0236. The van der Waals surface area contributed by atoms with E-state index >= 15 is 0 Å². The number of primary sulfonamides is 1. The number of benzene rings is 2. The van der Waals surface area contributed by atoms with Crippen LogP contribution in [0.5, 0.6) is 0 Å². The van der Waals surface area contributed by atoms with E-state index in [-0.39, 0.29) is 16.3 Å². The molecule has 1 saturated heterocycles. The molecule has 3 aromatic rings. The van der Waals surface area contributed by atoms with Gasteiger partial charge in [0.15, 0.2) is 0 Å². The number of fused-ring (bicyclic) bond motifs is 1. The second-order valence-corrected chi connectivity index (χ2v) is 11.5. The highest BCUT2D eigenvalue weighted by atomic mass is 32.2. The third kappa shape index (κ3) is 4.98. The molecule has 9 heteroatoms. The summed E-state index contributed by atoms with van der Waals surface area (Å²) in [6.07, 6.45) is 9.76. The number of hydrogen-bond donors (Lipinski definition) is 3. The van der Waals surface area contributed by atoms with Crippen molar-refractivity contribution in [2.24, 2.45) is 5.14 Å². The van der Waals surface area contributed by atoms with Crippen LogP contribution < -0.4 is 10.5 Å². The predicted molar refractivity (Wildman–Crippen MR) is 136 cm³/mol. The number of likely N-dealkylation sites (tertiary alicyclic amines) is 1. The molecule has 0 atom stereocenters. The SMILES string of the molecule is NS(=O)(=O)c1cccc(-c2n[nH]c3ccc(C(=O)NCC4(N5CCCCC5)CCCCC4)cc23)c1. The first-order chi connectivity index (χ1) is 16.9. The summed E-state index contributed by atoms with van der Waals surface area (Å²) in [4.78, 5) is 15.9. The number of piperidine rings is 1. The Balaban J connectivity index is 1.39. The molecular formula is C26H33N5O3S. The molecule has 0 unspecified atom stereocenters. The molecule has 186 valence electrons. The van der Waals surface area contributed by atoms with E-state index < -0.39 is 10.0 Å². The molecular weight excluding hydrogens is 462 g/mol. The van der Waals surface area contributed by atoms with Gasteiger partial charge in [0.25, 0.3) is 5.91 Å². The van der Waals surface area contributed by atoms with Gasteiger partial charge in [-0.05, 0) is 69.1 Å². The van der Waals surface area contributed by atoms with Crippen molar-refractivity contribution < 1.29 is 13.2 Å². The standard InChI is InChI=1S/C26H33N5O3S/c27-35(33,34)21-9-7-8-19(16-21)24-22-17-20(10-11-23(22)29-30-24)25(32)28-18-26(12-3-1-4-13-26)31-14-5-2-6-15-31/h7-11,16-17H,1-6,12-15,18H2,(H,28,32)(H,29,30)(H2,27,33,34). The second-order valence-electron chi connectivity index (χ2n) is 9.92. The van der Waals surface area contributed by atoms with Gasteiger partial charge >= 0.3 is 0 Å². The van der Waals surface area contributed by atoms with Crippen molar-refractivity contribution >= 4 is 26.8 Å². The highest BCUT2D eigenvalue weighted by Crippen LogP contribution is 2.35. The monoisotopic (exact) mass is 495 g/mol. The van der Waals surface area contributed by atoms with Gasteiger partial charge in [-0.15, -0.1) is 0 Å². The van der Waals surface area contributed by atoms with E-state index in [1.165, 1.54) is 50.7 Å². The summed E-state index contributed by atoms with van der Waals surface area (Å²) in [6, 6.07) is 11.8. The Kier molecular flexibility index (Phi) is 6.65. The maximum absolute atomic E-state index is 13.3. The van der Waals surface area contributed by atoms with Gasteiger partial charge in [-0.3, -0.25) is 14.8 Å². The van der Waals surface area contributed by atoms with Crippen LogP contribution in [-0.2, 0) is 10.0 Å². The molecule has 1 amide bonds. The molecule has 2 aromatic carbocycles. The Morgan fingerprint density at radius 1 is 1.03 bits per heavy atom. The first kappa shape index (κ1) is 24.0. The molecule has 35 heavy (non-hydrogen) atoms.